The van der Waals surface area contributed by atoms with Crippen molar-refractivity contribution in [2.45, 2.75) is 31.1 Å². The van der Waals surface area contributed by atoms with Crippen molar-refractivity contribution in [2.75, 3.05) is 24.5 Å². The van der Waals surface area contributed by atoms with Gasteiger partial charge in [0.25, 0.3) is 0 Å². The topological polar surface area (TPSA) is 49.4 Å². The lowest BCUT2D eigenvalue weighted by atomic mass is 10.1. The van der Waals surface area contributed by atoms with Gasteiger partial charge in [-0.1, -0.05) is 29.8 Å². The van der Waals surface area contributed by atoms with Gasteiger partial charge in [-0.25, -0.2) is 13.1 Å². The largest absolute Gasteiger partial charge is 0.372 e. The molecule has 134 valence electrons. The molecule has 0 aromatic heterocycles. The molecule has 0 unspecified atom stereocenters. The van der Waals surface area contributed by atoms with Gasteiger partial charge in [-0.15, -0.1) is 0 Å². The van der Waals surface area contributed by atoms with Gasteiger partial charge in [-0.05, 0) is 61.6 Å². The van der Waals surface area contributed by atoms with Gasteiger partial charge in [0, 0.05) is 30.3 Å². The van der Waals surface area contributed by atoms with Crippen LogP contribution in [0, 0.1) is 6.92 Å². The summed E-state index contributed by atoms with van der Waals surface area (Å²) in [5, 5.41) is 0.420. The first kappa shape index (κ1) is 18.2. The number of hydrogen-bond donors (Lipinski definition) is 1. The van der Waals surface area contributed by atoms with Gasteiger partial charge in [-0.2, -0.15) is 0 Å². The highest BCUT2D eigenvalue weighted by Gasteiger charge is 2.17. The van der Waals surface area contributed by atoms with E-state index >= 15 is 0 Å². The molecule has 2 aromatic rings. The quantitative estimate of drug-likeness (QED) is 0.832. The molecular formula is C19H23ClN2O2S. The molecule has 1 aliphatic rings. The summed E-state index contributed by atoms with van der Waals surface area (Å²) in [7, 11) is -3.55. The molecule has 1 aliphatic heterocycles. The number of hydrogen-bond acceptors (Lipinski definition) is 3. The fraction of sp³-hybridized carbons (Fsp3) is 0.368. The summed E-state index contributed by atoms with van der Waals surface area (Å²) in [5.74, 6) is 0. The van der Waals surface area contributed by atoms with Crippen LogP contribution in [-0.4, -0.2) is 28.1 Å². The second kappa shape index (κ2) is 7.77. The zero-order valence-electron chi connectivity index (χ0n) is 14.3. The average Bonchev–Trinajstić information content (AvgIpc) is 3.12. The summed E-state index contributed by atoms with van der Waals surface area (Å²) in [5.41, 5.74) is 3.05. The maximum atomic E-state index is 12.4. The number of rotatable bonds is 6. The molecule has 1 fully saturated rings. The molecular weight excluding hydrogens is 356 g/mol. The van der Waals surface area contributed by atoms with Crippen molar-refractivity contribution in [1.82, 2.24) is 4.72 Å². The molecule has 0 atom stereocenters. The van der Waals surface area contributed by atoms with E-state index in [1.54, 1.807) is 19.1 Å². The summed E-state index contributed by atoms with van der Waals surface area (Å²) < 4.78 is 27.6. The van der Waals surface area contributed by atoms with Gasteiger partial charge in [0.2, 0.25) is 10.0 Å². The van der Waals surface area contributed by atoms with E-state index in [9.17, 15) is 8.42 Å². The van der Waals surface area contributed by atoms with Crippen LogP contribution in [-0.2, 0) is 16.4 Å². The number of anilines is 1. The van der Waals surface area contributed by atoms with E-state index in [1.807, 2.05) is 0 Å². The normalized spacial score (nSPS) is 14.9. The summed E-state index contributed by atoms with van der Waals surface area (Å²) in [4.78, 5) is 2.62. The zero-order chi connectivity index (χ0) is 17.9. The Balaban J connectivity index is 1.59. The number of nitrogens with one attached hydrogen (secondary N) is 1. The lowest BCUT2D eigenvalue weighted by molar-refractivity contribution is 0.581. The first-order chi connectivity index (χ1) is 12.0. The van der Waals surface area contributed by atoms with E-state index < -0.39 is 10.0 Å². The molecule has 3 rings (SSSR count). The molecule has 1 N–H and O–H groups in total. The summed E-state index contributed by atoms with van der Waals surface area (Å²) in [6.07, 6.45) is 3.16. The molecule has 4 nitrogen and oxygen atoms in total. The van der Waals surface area contributed by atoms with Crippen molar-refractivity contribution in [3.05, 3.63) is 58.6 Å². The van der Waals surface area contributed by atoms with E-state index in [2.05, 4.69) is 33.9 Å². The number of sulfonamides is 1. The van der Waals surface area contributed by atoms with E-state index in [0.717, 1.165) is 18.7 Å². The van der Waals surface area contributed by atoms with Crippen molar-refractivity contribution >= 4 is 27.3 Å². The van der Waals surface area contributed by atoms with Crippen LogP contribution in [0.4, 0.5) is 5.69 Å². The lowest BCUT2D eigenvalue weighted by Gasteiger charge is -2.17. The number of nitrogens with zero attached hydrogens (tertiary/aromatic N) is 1. The van der Waals surface area contributed by atoms with Crippen LogP contribution in [0.2, 0.25) is 5.02 Å². The second-order valence-electron chi connectivity index (χ2n) is 6.42. The van der Waals surface area contributed by atoms with E-state index in [-0.39, 0.29) is 4.90 Å². The molecule has 0 aliphatic carbocycles. The predicted octanol–water partition coefficient (Wildman–Crippen LogP) is 3.77. The van der Waals surface area contributed by atoms with Gasteiger partial charge in [0.1, 0.15) is 0 Å². The highest BCUT2D eigenvalue weighted by atomic mass is 35.5. The monoisotopic (exact) mass is 378 g/mol. The average molecular weight is 379 g/mol. The van der Waals surface area contributed by atoms with E-state index in [4.69, 9.17) is 11.6 Å². The van der Waals surface area contributed by atoms with Gasteiger partial charge in [0.05, 0.1) is 4.90 Å². The Morgan fingerprint density at radius 1 is 1.08 bits per heavy atom. The number of halogens is 1. The third-order valence-corrected chi connectivity index (χ3v) is 6.39. The standard InChI is InChI=1S/C19H23ClN2O2S/c1-15-4-7-17(20)14-19(15)25(23,24)21-11-10-16-5-8-18(9-6-16)22-12-2-3-13-22/h4-9,14,21H,2-3,10-13H2,1H3. The third-order valence-electron chi connectivity index (χ3n) is 4.55. The first-order valence-electron chi connectivity index (χ1n) is 8.55. The molecule has 2 aromatic carbocycles. The van der Waals surface area contributed by atoms with Crippen molar-refractivity contribution in [3.63, 3.8) is 0 Å². The molecule has 0 bridgehead atoms. The fourth-order valence-corrected chi connectivity index (χ4v) is 4.66. The third kappa shape index (κ3) is 4.54. The lowest BCUT2D eigenvalue weighted by Crippen LogP contribution is -2.26. The van der Waals surface area contributed by atoms with Crippen molar-refractivity contribution in [2.24, 2.45) is 0 Å². The molecule has 0 radical (unpaired) electrons. The van der Waals surface area contributed by atoms with Crippen molar-refractivity contribution in [1.29, 1.82) is 0 Å². The van der Waals surface area contributed by atoms with E-state index in [1.165, 1.54) is 24.6 Å². The maximum Gasteiger partial charge on any atom is 0.240 e. The molecule has 6 heteroatoms. The van der Waals surface area contributed by atoms with Crippen molar-refractivity contribution < 1.29 is 8.42 Å². The Labute approximate surface area is 154 Å². The molecule has 1 saturated heterocycles. The number of benzene rings is 2. The van der Waals surface area contributed by atoms with Crippen LogP contribution in [0.25, 0.3) is 0 Å². The second-order valence-corrected chi connectivity index (χ2v) is 8.59. The Kier molecular flexibility index (Phi) is 5.67. The number of aryl methyl sites for hydroxylation is 1. The summed E-state index contributed by atoms with van der Waals surface area (Å²) >= 11 is 5.93. The smallest absolute Gasteiger partial charge is 0.240 e. The van der Waals surface area contributed by atoms with Gasteiger partial charge in [0.15, 0.2) is 0 Å². The van der Waals surface area contributed by atoms with Crippen LogP contribution >= 0.6 is 11.6 Å². The molecule has 0 saturated carbocycles. The van der Waals surface area contributed by atoms with Crippen molar-refractivity contribution in [3.8, 4) is 0 Å². The first-order valence-corrected chi connectivity index (χ1v) is 10.4. The van der Waals surface area contributed by atoms with Gasteiger partial charge < -0.3 is 4.90 Å². The van der Waals surface area contributed by atoms with Crippen LogP contribution < -0.4 is 9.62 Å². The molecule has 1 heterocycles. The fourth-order valence-electron chi connectivity index (χ4n) is 3.12. The Hall–Kier alpha value is -1.56. The zero-order valence-corrected chi connectivity index (χ0v) is 15.9. The minimum Gasteiger partial charge on any atom is -0.372 e. The summed E-state index contributed by atoms with van der Waals surface area (Å²) in [6, 6.07) is 13.3. The van der Waals surface area contributed by atoms with Gasteiger partial charge in [-0.3, -0.25) is 0 Å². The molecule has 0 spiro atoms. The predicted molar refractivity (Wildman–Crippen MR) is 103 cm³/mol. The van der Waals surface area contributed by atoms with Crippen LogP contribution in [0.5, 0.6) is 0 Å². The van der Waals surface area contributed by atoms with Gasteiger partial charge >= 0.3 is 0 Å². The maximum absolute atomic E-state index is 12.4. The Bertz CT molecular complexity index is 829. The molecule has 0 amide bonds. The van der Waals surface area contributed by atoms with Crippen LogP contribution in [0.15, 0.2) is 47.4 Å². The minimum atomic E-state index is -3.55. The van der Waals surface area contributed by atoms with Crippen LogP contribution in [0.3, 0.4) is 0 Å². The summed E-state index contributed by atoms with van der Waals surface area (Å²) in [6.45, 7) is 4.37. The SMILES string of the molecule is Cc1ccc(Cl)cc1S(=O)(=O)NCCc1ccc(N2CCCC2)cc1. The minimum absolute atomic E-state index is 0.240. The van der Waals surface area contributed by atoms with Crippen LogP contribution in [0.1, 0.15) is 24.0 Å². The Morgan fingerprint density at radius 2 is 1.76 bits per heavy atom. The van der Waals surface area contributed by atoms with E-state index in [0.29, 0.717) is 23.6 Å². The highest BCUT2D eigenvalue weighted by molar-refractivity contribution is 7.89. The highest BCUT2D eigenvalue weighted by Crippen LogP contribution is 2.21. The Morgan fingerprint density at radius 3 is 2.44 bits per heavy atom. The molecule has 25 heavy (non-hydrogen) atoms.